The van der Waals surface area contributed by atoms with Crippen LogP contribution in [0.25, 0.3) is 16.6 Å². The smallest absolute Gasteiger partial charge is 0.340 e. The third kappa shape index (κ3) is 2.71. The molecule has 3 aromatic rings. The zero-order valence-electron chi connectivity index (χ0n) is 14.7. The highest BCUT2D eigenvalue weighted by atomic mass is 16.5. The molecule has 1 aromatic heterocycles. The molecule has 2 aromatic carbocycles. The van der Waals surface area contributed by atoms with E-state index in [4.69, 9.17) is 4.74 Å². The zero-order chi connectivity index (χ0) is 17.3. The van der Waals surface area contributed by atoms with Crippen LogP contribution in [0.15, 0.2) is 48.5 Å². The SMILES string of the molecule is CCOC(=O)c1c(C)n(-c2ccc(C(C)C)cc2)c2ccccc12. The van der Waals surface area contributed by atoms with Gasteiger partial charge in [0, 0.05) is 16.8 Å². The molecule has 3 nitrogen and oxygen atoms in total. The number of nitrogens with zero attached hydrogens (tertiary/aromatic N) is 1. The number of ether oxygens (including phenoxy) is 1. The van der Waals surface area contributed by atoms with Crippen molar-refractivity contribution in [1.29, 1.82) is 0 Å². The van der Waals surface area contributed by atoms with Crippen molar-refractivity contribution in [2.45, 2.75) is 33.6 Å². The van der Waals surface area contributed by atoms with E-state index in [9.17, 15) is 4.79 Å². The molecule has 124 valence electrons. The molecule has 3 rings (SSSR count). The van der Waals surface area contributed by atoms with Crippen LogP contribution in [0.3, 0.4) is 0 Å². The Bertz CT molecular complexity index is 873. The largest absolute Gasteiger partial charge is 0.462 e. The number of benzene rings is 2. The first-order valence-electron chi connectivity index (χ1n) is 8.42. The van der Waals surface area contributed by atoms with Gasteiger partial charge in [0.1, 0.15) is 0 Å². The highest BCUT2D eigenvalue weighted by molar-refractivity contribution is 6.06. The minimum Gasteiger partial charge on any atom is -0.462 e. The van der Waals surface area contributed by atoms with E-state index < -0.39 is 0 Å². The number of hydrogen-bond acceptors (Lipinski definition) is 2. The lowest BCUT2D eigenvalue weighted by molar-refractivity contribution is 0.0527. The number of esters is 1. The van der Waals surface area contributed by atoms with E-state index in [0.717, 1.165) is 22.3 Å². The highest BCUT2D eigenvalue weighted by Crippen LogP contribution is 2.30. The van der Waals surface area contributed by atoms with E-state index in [-0.39, 0.29) is 5.97 Å². The summed E-state index contributed by atoms with van der Waals surface area (Å²) in [5, 5.41) is 0.932. The van der Waals surface area contributed by atoms with Crippen LogP contribution in [0, 0.1) is 6.92 Å². The molecule has 0 fully saturated rings. The Labute approximate surface area is 142 Å². The van der Waals surface area contributed by atoms with Gasteiger partial charge in [-0.1, -0.05) is 44.2 Å². The van der Waals surface area contributed by atoms with Gasteiger partial charge in [-0.25, -0.2) is 4.79 Å². The summed E-state index contributed by atoms with van der Waals surface area (Å²) in [6, 6.07) is 16.5. The van der Waals surface area contributed by atoms with Crippen LogP contribution in [0.2, 0.25) is 0 Å². The average molecular weight is 321 g/mol. The maximum Gasteiger partial charge on any atom is 0.340 e. The van der Waals surface area contributed by atoms with E-state index in [1.54, 1.807) is 0 Å². The molecule has 0 bridgehead atoms. The van der Waals surface area contributed by atoms with Gasteiger partial charge < -0.3 is 9.30 Å². The van der Waals surface area contributed by atoms with Gasteiger partial charge in [-0.2, -0.15) is 0 Å². The molecule has 0 amide bonds. The van der Waals surface area contributed by atoms with Gasteiger partial charge in [0.05, 0.1) is 17.7 Å². The fourth-order valence-electron chi connectivity index (χ4n) is 3.17. The van der Waals surface area contributed by atoms with Gasteiger partial charge in [0.2, 0.25) is 0 Å². The lowest BCUT2D eigenvalue weighted by Gasteiger charge is -2.11. The summed E-state index contributed by atoms with van der Waals surface area (Å²) in [5.41, 5.74) is 4.95. The van der Waals surface area contributed by atoms with E-state index >= 15 is 0 Å². The van der Waals surface area contributed by atoms with Crippen molar-refractivity contribution in [2.24, 2.45) is 0 Å². The third-order valence-corrected chi connectivity index (χ3v) is 4.41. The van der Waals surface area contributed by atoms with Crippen LogP contribution in [-0.4, -0.2) is 17.1 Å². The van der Waals surface area contributed by atoms with Crippen molar-refractivity contribution in [3.63, 3.8) is 0 Å². The van der Waals surface area contributed by atoms with Gasteiger partial charge in [0.15, 0.2) is 0 Å². The number of aromatic nitrogens is 1. The Balaban J connectivity index is 2.21. The number of hydrogen-bond donors (Lipinski definition) is 0. The highest BCUT2D eigenvalue weighted by Gasteiger charge is 2.21. The van der Waals surface area contributed by atoms with Crippen LogP contribution < -0.4 is 0 Å². The summed E-state index contributed by atoms with van der Waals surface area (Å²) in [5.74, 6) is 0.236. The predicted molar refractivity (Wildman–Crippen MR) is 98.1 cm³/mol. The quantitative estimate of drug-likeness (QED) is 0.615. The van der Waals surface area contributed by atoms with E-state index in [0.29, 0.717) is 18.1 Å². The molecule has 0 N–H and O–H groups in total. The van der Waals surface area contributed by atoms with Gasteiger partial charge >= 0.3 is 5.97 Å². The summed E-state index contributed by atoms with van der Waals surface area (Å²) >= 11 is 0. The monoisotopic (exact) mass is 321 g/mol. The molecule has 24 heavy (non-hydrogen) atoms. The predicted octanol–water partition coefficient (Wildman–Crippen LogP) is 5.24. The lowest BCUT2D eigenvalue weighted by atomic mass is 10.0. The second kappa shape index (κ2) is 6.52. The summed E-state index contributed by atoms with van der Waals surface area (Å²) in [6.07, 6.45) is 0. The third-order valence-electron chi connectivity index (χ3n) is 4.41. The molecule has 0 saturated heterocycles. The minimum absolute atomic E-state index is 0.260. The van der Waals surface area contributed by atoms with Crippen molar-refractivity contribution < 1.29 is 9.53 Å². The summed E-state index contributed by atoms with van der Waals surface area (Å²) < 4.78 is 7.40. The Kier molecular flexibility index (Phi) is 4.43. The van der Waals surface area contributed by atoms with Crippen molar-refractivity contribution in [3.05, 3.63) is 65.4 Å². The first kappa shape index (κ1) is 16.3. The van der Waals surface area contributed by atoms with Crippen LogP contribution in [0.1, 0.15) is 48.3 Å². The molecule has 0 aliphatic heterocycles. The number of fused-ring (bicyclic) bond motifs is 1. The van der Waals surface area contributed by atoms with Crippen LogP contribution >= 0.6 is 0 Å². The van der Waals surface area contributed by atoms with Gasteiger partial charge in [-0.3, -0.25) is 0 Å². The number of rotatable bonds is 4. The molecular weight excluding hydrogens is 298 g/mol. The van der Waals surface area contributed by atoms with E-state index in [1.165, 1.54) is 5.56 Å². The Morgan fingerprint density at radius 3 is 2.38 bits per heavy atom. The van der Waals surface area contributed by atoms with Gasteiger partial charge in [0.25, 0.3) is 0 Å². The van der Waals surface area contributed by atoms with Gasteiger partial charge in [-0.05, 0) is 43.5 Å². The fraction of sp³-hybridized carbons (Fsp3) is 0.286. The molecular formula is C21H23NO2. The fourth-order valence-corrected chi connectivity index (χ4v) is 3.17. The van der Waals surface area contributed by atoms with Gasteiger partial charge in [-0.15, -0.1) is 0 Å². The number of carbonyl (C=O) groups excluding carboxylic acids is 1. The molecule has 0 aliphatic carbocycles. The summed E-state index contributed by atoms with van der Waals surface area (Å²) in [6.45, 7) is 8.55. The van der Waals surface area contributed by atoms with Crippen molar-refractivity contribution in [2.75, 3.05) is 6.61 Å². The van der Waals surface area contributed by atoms with Crippen LogP contribution in [0.4, 0.5) is 0 Å². The maximum atomic E-state index is 12.4. The molecule has 0 spiro atoms. The molecule has 0 unspecified atom stereocenters. The molecule has 1 heterocycles. The Hall–Kier alpha value is -2.55. The van der Waals surface area contributed by atoms with E-state index in [2.05, 4.69) is 42.7 Å². The molecule has 0 atom stereocenters. The zero-order valence-corrected chi connectivity index (χ0v) is 14.7. The average Bonchev–Trinajstić information content (AvgIpc) is 2.87. The Morgan fingerprint density at radius 2 is 1.75 bits per heavy atom. The van der Waals surface area contributed by atoms with Crippen molar-refractivity contribution in [3.8, 4) is 5.69 Å². The second-order valence-electron chi connectivity index (χ2n) is 6.28. The lowest BCUT2D eigenvalue weighted by Crippen LogP contribution is -2.07. The first-order chi connectivity index (χ1) is 11.5. The standard InChI is InChI=1S/C21H23NO2/c1-5-24-21(23)20-15(4)22(19-9-7-6-8-18(19)20)17-12-10-16(11-13-17)14(2)3/h6-14H,5H2,1-4H3. The molecule has 0 saturated carbocycles. The van der Waals surface area contributed by atoms with Crippen LogP contribution in [-0.2, 0) is 4.74 Å². The van der Waals surface area contributed by atoms with E-state index in [1.807, 2.05) is 38.1 Å². The van der Waals surface area contributed by atoms with Crippen molar-refractivity contribution >= 4 is 16.9 Å². The normalized spacial score (nSPS) is 11.2. The number of para-hydroxylation sites is 1. The first-order valence-corrected chi connectivity index (χ1v) is 8.42. The second-order valence-corrected chi connectivity index (χ2v) is 6.28. The van der Waals surface area contributed by atoms with Crippen LogP contribution in [0.5, 0.6) is 0 Å². The van der Waals surface area contributed by atoms with Crippen molar-refractivity contribution in [1.82, 2.24) is 4.57 Å². The summed E-state index contributed by atoms with van der Waals surface area (Å²) in [7, 11) is 0. The molecule has 3 heteroatoms. The minimum atomic E-state index is -0.260. The summed E-state index contributed by atoms with van der Waals surface area (Å²) in [4.78, 5) is 12.4. The maximum absolute atomic E-state index is 12.4. The molecule has 0 aliphatic rings. The number of carbonyl (C=O) groups is 1. The topological polar surface area (TPSA) is 31.2 Å². The molecule has 0 radical (unpaired) electrons. The Morgan fingerprint density at radius 1 is 1.08 bits per heavy atom.